The van der Waals surface area contributed by atoms with Crippen LogP contribution in [0.25, 0.3) is 0 Å². The molecular weight excluding hydrogens is 366 g/mol. The molecule has 2 heterocycles. The van der Waals surface area contributed by atoms with Crippen molar-refractivity contribution in [3.63, 3.8) is 0 Å². The molecule has 26 heavy (non-hydrogen) atoms. The number of hydrogen-bond donors (Lipinski definition) is 3. The zero-order valence-corrected chi connectivity index (χ0v) is 17.8. The molecule has 0 bridgehead atoms. The van der Waals surface area contributed by atoms with Gasteiger partial charge in [0.25, 0.3) is 0 Å². The Morgan fingerprint density at radius 2 is 2.00 bits per heavy atom. The van der Waals surface area contributed by atoms with Gasteiger partial charge in [-0.1, -0.05) is 6.92 Å². The van der Waals surface area contributed by atoms with Crippen molar-refractivity contribution in [1.82, 2.24) is 25.5 Å². The number of furan rings is 1. The van der Waals surface area contributed by atoms with Crippen LogP contribution in [0.2, 0.25) is 0 Å². The van der Waals surface area contributed by atoms with E-state index in [1.54, 1.807) is 0 Å². The van der Waals surface area contributed by atoms with Crippen LogP contribution < -0.4 is 16.0 Å². The number of thioether (sulfide) groups is 1. The Morgan fingerprint density at radius 1 is 1.27 bits per heavy atom. The number of aryl methyl sites for hydroxylation is 2. The molecule has 0 spiro atoms. The van der Waals surface area contributed by atoms with E-state index in [1.807, 2.05) is 57.3 Å². The molecule has 0 saturated heterocycles. The van der Waals surface area contributed by atoms with Crippen molar-refractivity contribution in [1.29, 1.82) is 0 Å². The number of nitrogens with zero attached hydrogens (tertiary/aromatic N) is 2. The van der Waals surface area contributed by atoms with Crippen LogP contribution in [0.4, 0.5) is 0 Å². The summed E-state index contributed by atoms with van der Waals surface area (Å²) in [5, 5.41) is 9.91. The number of hydrogen-bond acceptors (Lipinski definition) is 5. The normalized spacial score (nSPS) is 10.2. The fourth-order valence-electron chi connectivity index (χ4n) is 2.18. The molecule has 3 N–H and O–H groups in total. The first kappa shape index (κ1) is 22.5. The molecule has 0 radical (unpaired) electrons. The topological polar surface area (TPSA) is 67.0 Å². The van der Waals surface area contributed by atoms with E-state index in [0.29, 0.717) is 5.11 Å². The fourth-order valence-corrected chi connectivity index (χ4v) is 3.13. The van der Waals surface area contributed by atoms with E-state index in [2.05, 4.69) is 32.4 Å². The van der Waals surface area contributed by atoms with Gasteiger partial charge in [0.05, 0.1) is 5.75 Å². The third-order valence-electron chi connectivity index (χ3n) is 3.33. The minimum absolute atomic E-state index is 0.706. The van der Waals surface area contributed by atoms with Gasteiger partial charge in [0.15, 0.2) is 5.11 Å². The van der Waals surface area contributed by atoms with Crippen LogP contribution in [0.1, 0.15) is 24.3 Å². The maximum atomic E-state index is 5.53. The van der Waals surface area contributed by atoms with E-state index < -0.39 is 0 Å². The molecule has 0 saturated carbocycles. The van der Waals surface area contributed by atoms with Gasteiger partial charge in [-0.3, -0.25) is 0 Å². The van der Waals surface area contributed by atoms with E-state index in [1.165, 1.54) is 0 Å². The predicted molar refractivity (Wildman–Crippen MR) is 115 cm³/mol. The smallest absolute Gasteiger partial charge is 0.166 e. The Kier molecular flexibility index (Phi) is 11.8. The number of nitrogens with one attached hydrogen (secondary N) is 3. The molecule has 0 unspecified atom stereocenters. The number of thiocarbonyl (C=S) groups is 1. The second-order valence-electron chi connectivity index (χ2n) is 5.64. The summed E-state index contributed by atoms with van der Waals surface area (Å²) >= 11 is 7.11. The van der Waals surface area contributed by atoms with Crippen LogP contribution in [0.3, 0.4) is 0 Å². The molecule has 2 aromatic rings. The van der Waals surface area contributed by atoms with Gasteiger partial charge in [0, 0.05) is 44.2 Å². The summed E-state index contributed by atoms with van der Waals surface area (Å²) in [7, 11) is 3.75. The fraction of sp³-hybridized carbons (Fsp3) is 0.556. The number of rotatable bonds is 9. The maximum absolute atomic E-state index is 5.53. The van der Waals surface area contributed by atoms with E-state index in [9.17, 15) is 0 Å². The highest BCUT2D eigenvalue weighted by Gasteiger charge is 2.01. The van der Waals surface area contributed by atoms with Crippen molar-refractivity contribution >= 4 is 29.1 Å². The molecular formula is C18H31N5OS2. The molecule has 6 nitrogen and oxygen atoms in total. The molecule has 146 valence electrons. The van der Waals surface area contributed by atoms with Crippen molar-refractivity contribution in [3.05, 3.63) is 41.9 Å². The maximum Gasteiger partial charge on any atom is 0.166 e. The zero-order valence-electron chi connectivity index (χ0n) is 16.2. The SMILES string of the molecule is CCc1nccn1CCNC(=S)NCCSCc1ccc(C)o1.CNC. The van der Waals surface area contributed by atoms with Crippen molar-refractivity contribution in [3.8, 4) is 0 Å². The Labute approximate surface area is 166 Å². The Hall–Kier alpha value is -1.51. The van der Waals surface area contributed by atoms with Gasteiger partial charge in [0.1, 0.15) is 17.3 Å². The summed E-state index contributed by atoms with van der Waals surface area (Å²) in [6.45, 7) is 6.60. The van der Waals surface area contributed by atoms with Gasteiger partial charge in [0.2, 0.25) is 0 Å². The lowest BCUT2D eigenvalue weighted by molar-refractivity contribution is 0.501. The summed E-state index contributed by atoms with van der Waals surface area (Å²) < 4.78 is 7.68. The summed E-state index contributed by atoms with van der Waals surface area (Å²) in [6, 6.07) is 4.03. The summed E-state index contributed by atoms with van der Waals surface area (Å²) in [4.78, 5) is 4.31. The van der Waals surface area contributed by atoms with Crippen LogP contribution in [0.15, 0.2) is 28.9 Å². The highest BCUT2D eigenvalue weighted by Crippen LogP contribution is 2.14. The largest absolute Gasteiger partial charge is 0.466 e. The molecule has 0 atom stereocenters. The van der Waals surface area contributed by atoms with Gasteiger partial charge in [-0.2, -0.15) is 11.8 Å². The molecule has 0 aliphatic carbocycles. The molecule has 0 aliphatic heterocycles. The van der Waals surface area contributed by atoms with Crippen LogP contribution in [0.5, 0.6) is 0 Å². The summed E-state index contributed by atoms with van der Waals surface area (Å²) in [5.74, 6) is 4.99. The minimum atomic E-state index is 0.706. The minimum Gasteiger partial charge on any atom is -0.466 e. The summed E-state index contributed by atoms with van der Waals surface area (Å²) in [6.07, 6.45) is 4.79. The second-order valence-corrected chi connectivity index (χ2v) is 7.15. The van der Waals surface area contributed by atoms with Crippen molar-refractivity contribution < 1.29 is 4.42 Å². The zero-order chi connectivity index (χ0) is 19.2. The molecule has 0 fully saturated rings. The highest BCUT2D eigenvalue weighted by atomic mass is 32.2. The second kappa shape index (κ2) is 13.7. The Morgan fingerprint density at radius 3 is 2.65 bits per heavy atom. The van der Waals surface area contributed by atoms with Crippen LogP contribution in [-0.2, 0) is 18.7 Å². The lowest BCUT2D eigenvalue weighted by atomic mass is 10.4. The standard InChI is InChI=1S/C16H24N4OS2.C2H7N/c1-3-15-17-6-9-20(15)10-7-18-16(22)19-8-11-23-12-14-5-4-13(2)21-14;1-3-2/h4-6,9H,3,7-8,10-12H2,1-2H3,(H2,18,19,22);3H,1-2H3. The van der Waals surface area contributed by atoms with Gasteiger partial charge in [-0.25, -0.2) is 4.98 Å². The van der Waals surface area contributed by atoms with Gasteiger partial charge in [-0.15, -0.1) is 0 Å². The van der Waals surface area contributed by atoms with E-state index >= 15 is 0 Å². The lowest BCUT2D eigenvalue weighted by Crippen LogP contribution is -2.38. The molecule has 0 aromatic carbocycles. The monoisotopic (exact) mass is 397 g/mol. The highest BCUT2D eigenvalue weighted by molar-refractivity contribution is 7.98. The van der Waals surface area contributed by atoms with Crippen molar-refractivity contribution in [2.24, 2.45) is 0 Å². The van der Waals surface area contributed by atoms with Crippen molar-refractivity contribution in [2.75, 3.05) is 32.9 Å². The molecule has 2 rings (SSSR count). The third kappa shape index (κ3) is 9.26. The van der Waals surface area contributed by atoms with Crippen LogP contribution in [0, 0.1) is 6.92 Å². The average Bonchev–Trinajstić information content (AvgIpc) is 3.24. The first-order chi connectivity index (χ1) is 12.6. The molecule has 0 aliphatic rings. The molecule has 0 amide bonds. The number of aromatic nitrogens is 2. The van der Waals surface area contributed by atoms with Gasteiger partial charge >= 0.3 is 0 Å². The number of imidazole rings is 1. The van der Waals surface area contributed by atoms with E-state index in [-0.39, 0.29) is 0 Å². The van der Waals surface area contributed by atoms with E-state index in [4.69, 9.17) is 16.6 Å². The van der Waals surface area contributed by atoms with Crippen molar-refractivity contribution in [2.45, 2.75) is 32.6 Å². The van der Waals surface area contributed by atoms with Crippen LogP contribution in [-0.4, -0.2) is 47.6 Å². The third-order valence-corrected chi connectivity index (χ3v) is 4.60. The quantitative estimate of drug-likeness (QED) is 0.444. The van der Waals surface area contributed by atoms with Gasteiger partial charge < -0.3 is 24.9 Å². The average molecular weight is 398 g/mol. The molecule has 8 heteroatoms. The Bertz CT molecular complexity index is 627. The summed E-state index contributed by atoms with van der Waals surface area (Å²) in [5.41, 5.74) is 0. The molecule has 2 aromatic heterocycles. The first-order valence-electron chi connectivity index (χ1n) is 8.83. The predicted octanol–water partition coefficient (Wildman–Crippen LogP) is 2.58. The Balaban J connectivity index is 0.00000105. The lowest BCUT2D eigenvalue weighted by Gasteiger charge is -2.11. The van der Waals surface area contributed by atoms with Gasteiger partial charge in [-0.05, 0) is 45.4 Å². The van der Waals surface area contributed by atoms with E-state index in [0.717, 1.165) is 54.9 Å². The van der Waals surface area contributed by atoms with Crippen LogP contribution >= 0.6 is 24.0 Å². The first-order valence-corrected chi connectivity index (χ1v) is 10.4.